The van der Waals surface area contributed by atoms with Crippen LogP contribution in [0.4, 0.5) is 18.9 Å². The van der Waals surface area contributed by atoms with Gasteiger partial charge in [0.15, 0.2) is 0 Å². The third kappa shape index (κ3) is 3.04. The van der Waals surface area contributed by atoms with Gasteiger partial charge in [-0.3, -0.25) is 5.10 Å². The van der Waals surface area contributed by atoms with Gasteiger partial charge in [-0.25, -0.2) is 0 Å². The third-order valence-electron chi connectivity index (χ3n) is 4.31. The number of alkyl halides is 3. The van der Waals surface area contributed by atoms with Gasteiger partial charge in [-0.05, 0) is 25.0 Å². The maximum absolute atomic E-state index is 13.0. The molecule has 3 N–H and O–H groups in total. The molecule has 1 saturated carbocycles. The van der Waals surface area contributed by atoms with Gasteiger partial charge in [0.25, 0.3) is 0 Å². The zero-order chi connectivity index (χ0) is 15.7. The summed E-state index contributed by atoms with van der Waals surface area (Å²) in [7, 11) is 0. The number of hydrogen-bond donors (Lipinski definition) is 3. The number of aliphatic hydroxyl groups excluding tert-OH is 1. The third-order valence-corrected chi connectivity index (χ3v) is 4.31. The van der Waals surface area contributed by atoms with Crippen molar-refractivity contribution < 1.29 is 18.3 Å². The smallest absolute Gasteiger partial charge is 0.393 e. The number of anilines is 1. The molecule has 0 spiro atoms. The second-order valence-corrected chi connectivity index (χ2v) is 5.85. The molecule has 0 unspecified atom stereocenters. The van der Waals surface area contributed by atoms with Crippen molar-refractivity contribution in [2.24, 2.45) is 5.92 Å². The zero-order valence-electron chi connectivity index (χ0n) is 12.0. The second kappa shape index (κ2) is 5.79. The van der Waals surface area contributed by atoms with Gasteiger partial charge in [0.2, 0.25) is 0 Å². The van der Waals surface area contributed by atoms with E-state index in [9.17, 15) is 18.3 Å². The van der Waals surface area contributed by atoms with E-state index in [4.69, 9.17) is 0 Å². The van der Waals surface area contributed by atoms with Crippen molar-refractivity contribution in [3.8, 4) is 0 Å². The van der Waals surface area contributed by atoms with Crippen LogP contribution in [0.15, 0.2) is 18.3 Å². The lowest BCUT2D eigenvalue weighted by Crippen LogP contribution is -2.30. The summed E-state index contributed by atoms with van der Waals surface area (Å²) in [4.78, 5) is 0. The molecule has 2 atom stereocenters. The fourth-order valence-electron chi connectivity index (χ4n) is 3.03. The first kappa shape index (κ1) is 15.1. The molecule has 120 valence electrons. The number of hydrogen-bond acceptors (Lipinski definition) is 3. The minimum absolute atomic E-state index is 0.0743. The first-order valence-electron chi connectivity index (χ1n) is 7.41. The van der Waals surface area contributed by atoms with E-state index in [1.165, 1.54) is 6.20 Å². The summed E-state index contributed by atoms with van der Waals surface area (Å²) < 4.78 is 38.9. The minimum Gasteiger partial charge on any atom is -0.393 e. The van der Waals surface area contributed by atoms with Crippen molar-refractivity contribution in [3.63, 3.8) is 0 Å². The monoisotopic (exact) mass is 313 g/mol. The molecule has 0 amide bonds. The van der Waals surface area contributed by atoms with Crippen LogP contribution in [0.2, 0.25) is 0 Å². The zero-order valence-corrected chi connectivity index (χ0v) is 12.0. The molecule has 1 fully saturated rings. The van der Waals surface area contributed by atoms with Crippen molar-refractivity contribution in [3.05, 3.63) is 23.9 Å². The number of aromatic amines is 1. The molecular formula is C15H18F3N3O. The molecule has 1 aromatic heterocycles. The Labute approximate surface area is 125 Å². The van der Waals surface area contributed by atoms with E-state index in [2.05, 4.69) is 15.5 Å². The lowest BCUT2D eigenvalue weighted by molar-refractivity contribution is -0.137. The number of benzene rings is 1. The molecule has 0 aliphatic heterocycles. The maximum atomic E-state index is 13.0. The molecule has 22 heavy (non-hydrogen) atoms. The van der Waals surface area contributed by atoms with Crippen molar-refractivity contribution in [2.75, 3.05) is 11.9 Å². The highest BCUT2D eigenvalue weighted by atomic mass is 19.4. The van der Waals surface area contributed by atoms with Gasteiger partial charge in [0.05, 0.1) is 23.4 Å². The average molecular weight is 313 g/mol. The first-order valence-corrected chi connectivity index (χ1v) is 7.41. The molecule has 1 aliphatic rings. The lowest BCUT2D eigenvalue weighted by atomic mass is 9.86. The van der Waals surface area contributed by atoms with Gasteiger partial charge >= 0.3 is 6.18 Å². The van der Waals surface area contributed by atoms with Crippen LogP contribution in [0.1, 0.15) is 31.2 Å². The first-order chi connectivity index (χ1) is 10.4. The van der Waals surface area contributed by atoms with Crippen LogP contribution < -0.4 is 5.32 Å². The topological polar surface area (TPSA) is 60.9 Å². The van der Waals surface area contributed by atoms with Crippen molar-refractivity contribution in [1.29, 1.82) is 0 Å². The number of rotatable bonds is 3. The molecule has 4 nitrogen and oxygen atoms in total. The molecule has 0 bridgehead atoms. The minimum atomic E-state index is -4.40. The van der Waals surface area contributed by atoms with Gasteiger partial charge in [0.1, 0.15) is 0 Å². The highest BCUT2D eigenvalue weighted by molar-refractivity contribution is 5.91. The Hall–Kier alpha value is -1.76. The Bertz CT molecular complexity index is 653. The van der Waals surface area contributed by atoms with E-state index in [0.29, 0.717) is 23.1 Å². The predicted molar refractivity (Wildman–Crippen MR) is 77.6 cm³/mol. The fourth-order valence-corrected chi connectivity index (χ4v) is 3.03. The van der Waals surface area contributed by atoms with E-state index in [1.807, 2.05) is 0 Å². The van der Waals surface area contributed by atoms with Crippen LogP contribution in [-0.4, -0.2) is 28.0 Å². The summed E-state index contributed by atoms with van der Waals surface area (Å²) in [5, 5.41) is 20.0. The maximum Gasteiger partial charge on any atom is 0.416 e. The number of nitrogens with zero attached hydrogens (tertiary/aromatic N) is 1. The molecule has 2 aromatic rings. The van der Waals surface area contributed by atoms with E-state index in [-0.39, 0.29) is 12.0 Å². The number of nitrogens with one attached hydrogen (secondary N) is 2. The highest BCUT2D eigenvalue weighted by Gasteiger charge is 2.32. The van der Waals surface area contributed by atoms with Gasteiger partial charge in [-0.15, -0.1) is 0 Å². The summed E-state index contributed by atoms with van der Waals surface area (Å²) in [5.41, 5.74) is 0.0359. The normalized spacial score (nSPS) is 22.9. The molecule has 7 heteroatoms. The SMILES string of the molecule is O[C@H]1CCCC[C@@H]1CNc1cc(C(F)(F)F)cc2[nH]ncc12. The van der Waals surface area contributed by atoms with E-state index >= 15 is 0 Å². The number of aliphatic hydroxyl groups is 1. The fraction of sp³-hybridized carbons (Fsp3) is 0.533. The Morgan fingerprint density at radius 2 is 2.05 bits per heavy atom. The van der Waals surface area contributed by atoms with E-state index < -0.39 is 11.7 Å². The Balaban J connectivity index is 1.84. The van der Waals surface area contributed by atoms with Crippen molar-refractivity contribution in [1.82, 2.24) is 10.2 Å². The van der Waals surface area contributed by atoms with Gasteiger partial charge in [-0.1, -0.05) is 12.8 Å². The van der Waals surface area contributed by atoms with Crippen LogP contribution in [0, 0.1) is 5.92 Å². The number of H-pyrrole nitrogens is 1. The predicted octanol–water partition coefficient (Wildman–Crippen LogP) is 3.54. The number of aromatic nitrogens is 2. The van der Waals surface area contributed by atoms with Crippen molar-refractivity contribution in [2.45, 2.75) is 38.0 Å². The van der Waals surface area contributed by atoms with E-state index in [1.54, 1.807) is 0 Å². The average Bonchev–Trinajstić information content (AvgIpc) is 2.93. The molecule has 1 aromatic carbocycles. The molecule has 0 saturated heterocycles. The summed E-state index contributed by atoms with van der Waals surface area (Å²) in [6.45, 7) is 0.461. The molecule has 1 heterocycles. The number of halogens is 3. The Morgan fingerprint density at radius 3 is 2.77 bits per heavy atom. The van der Waals surface area contributed by atoms with Gasteiger partial charge in [-0.2, -0.15) is 18.3 Å². The van der Waals surface area contributed by atoms with Crippen LogP contribution >= 0.6 is 0 Å². The van der Waals surface area contributed by atoms with E-state index in [0.717, 1.165) is 37.8 Å². The van der Waals surface area contributed by atoms with Crippen LogP contribution in [0.3, 0.4) is 0 Å². The lowest BCUT2D eigenvalue weighted by Gasteiger charge is -2.28. The van der Waals surface area contributed by atoms with Crippen LogP contribution in [0.5, 0.6) is 0 Å². The summed E-state index contributed by atoms with van der Waals surface area (Å²) in [5.74, 6) is 0.0743. The Morgan fingerprint density at radius 1 is 1.27 bits per heavy atom. The molecule has 0 radical (unpaired) electrons. The second-order valence-electron chi connectivity index (χ2n) is 5.85. The molecule has 3 rings (SSSR count). The molecular weight excluding hydrogens is 295 g/mol. The highest BCUT2D eigenvalue weighted by Crippen LogP contribution is 2.35. The summed E-state index contributed by atoms with van der Waals surface area (Å²) in [6.07, 6.45) is 0.430. The standard InChI is InChI=1S/C15H18F3N3O/c16-15(17,18)10-5-12(11-8-20-21-13(11)6-10)19-7-9-3-1-2-4-14(9)22/h5-6,8-9,14,19,22H,1-4,7H2,(H,20,21)/t9-,14+/m1/s1. The van der Waals surface area contributed by atoms with Crippen LogP contribution in [0.25, 0.3) is 10.9 Å². The largest absolute Gasteiger partial charge is 0.416 e. The summed E-state index contributed by atoms with van der Waals surface area (Å²) in [6, 6.07) is 2.16. The summed E-state index contributed by atoms with van der Waals surface area (Å²) >= 11 is 0. The number of fused-ring (bicyclic) bond motifs is 1. The van der Waals surface area contributed by atoms with Gasteiger partial charge < -0.3 is 10.4 Å². The Kier molecular flexibility index (Phi) is 3.99. The molecule has 1 aliphatic carbocycles. The van der Waals surface area contributed by atoms with Crippen molar-refractivity contribution >= 4 is 16.6 Å². The van der Waals surface area contributed by atoms with Crippen LogP contribution in [-0.2, 0) is 6.18 Å². The quantitative estimate of drug-likeness (QED) is 0.812. The van der Waals surface area contributed by atoms with Gasteiger partial charge in [0, 0.05) is 23.5 Å².